The summed E-state index contributed by atoms with van der Waals surface area (Å²) in [6, 6.07) is 24.0. The molecule has 3 aromatic carbocycles. The Morgan fingerprint density at radius 3 is 2.24 bits per heavy atom. The Balaban J connectivity index is 1.81. The number of amides is 2. The lowest BCUT2D eigenvalue weighted by molar-refractivity contribution is -0.139. The van der Waals surface area contributed by atoms with Crippen molar-refractivity contribution >= 4 is 46.8 Å². The highest BCUT2D eigenvalue weighted by Crippen LogP contribution is 2.22. The molecule has 0 saturated heterocycles. The zero-order valence-electron chi connectivity index (χ0n) is 18.3. The van der Waals surface area contributed by atoms with Crippen LogP contribution in [0.25, 0.3) is 0 Å². The van der Waals surface area contributed by atoms with E-state index in [0.29, 0.717) is 22.2 Å². The van der Waals surface area contributed by atoms with Gasteiger partial charge in [-0.15, -0.1) is 11.8 Å². The summed E-state index contributed by atoms with van der Waals surface area (Å²) in [7, 11) is 1.59. The molecule has 3 rings (SSSR count). The van der Waals surface area contributed by atoms with Gasteiger partial charge in [-0.25, -0.2) is 0 Å². The lowest BCUT2D eigenvalue weighted by Gasteiger charge is -2.31. The fraction of sp³-hybridized carbons (Fsp3) is 0.231. The summed E-state index contributed by atoms with van der Waals surface area (Å²) in [6.07, 6.45) is 0.415. The monoisotopic (exact) mass is 500 g/mol. The second-order valence-electron chi connectivity index (χ2n) is 7.55. The molecule has 0 radical (unpaired) electrons. The molecule has 1 N–H and O–H groups in total. The van der Waals surface area contributed by atoms with Gasteiger partial charge in [-0.3, -0.25) is 9.59 Å². The number of carbonyl (C=O) groups is 2. The van der Waals surface area contributed by atoms with E-state index in [0.717, 1.165) is 16.7 Å². The van der Waals surface area contributed by atoms with Crippen LogP contribution in [0.15, 0.2) is 78.9 Å². The van der Waals surface area contributed by atoms with Gasteiger partial charge in [0, 0.05) is 35.8 Å². The Morgan fingerprint density at radius 1 is 0.909 bits per heavy atom. The number of hydrogen-bond acceptors (Lipinski definition) is 3. The van der Waals surface area contributed by atoms with E-state index in [9.17, 15) is 9.59 Å². The maximum atomic E-state index is 13.4. The van der Waals surface area contributed by atoms with Crippen molar-refractivity contribution in [2.45, 2.75) is 24.8 Å². The zero-order chi connectivity index (χ0) is 23.6. The average Bonchev–Trinajstić information content (AvgIpc) is 2.83. The number of likely N-dealkylation sites (N-methyl/N-ethyl adjacent to an activating group) is 1. The Morgan fingerprint density at radius 2 is 1.58 bits per heavy atom. The molecule has 0 heterocycles. The third kappa shape index (κ3) is 7.53. The van der Waals surface area contributed by atoms with E-state index < -0.39 is 6.04 Å². The van der Waals surface area contributed by atoms with E-state index in [1.807, 2.05) is 72.8 Å². The second-order valence-corrected chi connectivity index (χ2v) is 9.38. The van der Waals surface area contributed by atoms with Crippen LogP contribution in [0.3, 0.4) is 0 Å². The molecule has 0 aliphatic heterocycles. The van der Waals surface area contributed by atoms with Gasteiger partial charge in [-0.1, -0.05) is 83.9 Å². The van der Waals surface area contributed by atoms with Crippen LogP contribution in [-0.4, -0.2) is 35.6 Å². The molecule has 3 aromatic rings. The molecule has 0 aliphatic carbocycles. The van der Waals surface area contributed by atoms with Gasteiger partial charge in [-0.2, -0.15) is 0 Å². The van der Waals surface area contributed by atoms with Crippen molar-refractivity contribution in [3.8, 4) is 0 Å². The summed E-state index contributed by atoms with van der Waals surface area (Å²) in [5, 5.41) is 3.97. The predicted octanol–water partition coefficient (Wildman–Crippen LogP) is 5.61. The number of thioether (sulfide) groups is 1. The second kappa shape index (κ2) is 12.7. The van der Waals surface area contributed by atoms with Gasteiger partial charge in [0.15, 0.2) is 0 Å². The maximum Gasteiger partial charge on any atom is 0.242 e. The van der Waals surface area contributed by atoms with Crippen LogP contribution in [-0.2, 0) is 28.3 Å². The van der Waals surface area contributed by atoms with Gasteiger partial charge in [0.25, 0.3) is 0 Å². The molecule has 7 heteroatoms. The quantitative estimate of drug-likeness (QED) is 0.393. The van der Waals surface area contributed by atoms with Crippen LogP contribution < -0.4 is 5.32 Å². The van der Waals surface area contributed by atoms with Crippen molar-refractivity contribution in [1.82, 2.24) is 10.2 Å². The molecule has 2 amide bonds. The smallest absolute Gasteiger partial charge is 0.242 e. The fourth-order valence-electron chi connectivity index (χ4n) is 3.45. The summed E-state index contributed by atoms with van der Waals surface area (Å²) >= 11 is 13.9. The third-order valence-corrected chi connectivity index (χ3v) is 6.83. The highest BCUT2D eigenvalue weighted by molar-refractivity contribution is 7.99. The SMILES string of the molecule is CNC(=O)C(Cc1ccccc1)N(Cc1ccccc1Cl)C(=O)CSCc1ccc(Cl)cc1. The van der Waals surface area contributed by atoms with Crippen LogP contribution in [0.1, 0.15) is 16.7 Å². The number of benzene rings is 3. The molecule has 4 nitrogen and oxygen atoms in total. The summed E-state index contributed by atoms with van der Waals surface area (Å²) < 4.78 is 0. The number of nitrogens with zero attached hydrogens (tertiary/aromatic N) is 1. The van der Waals surface area contributed by atoms with Crippen molar-refractivity contribution in [3.05, 3.63) is 106 Å². The molecular weight excluding hydrogens is 475 g/mol. The zero-order valence-corrected chi connectivity index (χ0v) is 20.7. The molecule has 33 heavy (non-hydrogen) atoms. The predicted molar refractivity (Wildman–Crippen MR) is 138 cm³/mol. The van der Waals surface area contributed by atoms with Gasteiger partial charge in [0.05, 0.1) is 5.75 Å². The first-order chi connectivity index (χ1) is 16.0. The van der Waals surface area contributed by atoms with Crippen LogP contribution in [0.5, 0.6) is 0 Å². The molecular formula is C26H26Cl2N2O2S. The lowest BCUT2D eigenvalue weighted by Crippen LogP contribution is -2.50. The van der Waals surface area contributed by atoms with Crippen molar-refractivity contribution < 1.29 is 9.59 Å². The third-order valence-electron chi connectivity index (χ3n) is 5.22. The van der Waals surface area contributed by atoms with Crippen molar-refractivity contribution in [1.29, 1.82) is 0 Å². The Kier molecular flexibility index (Phi) is 9.67. The van der Waals surface area contributed by atoms with Gasteiger partial charge < -0.3 is 10.2 Å². The fourth-order valence-corrected chi connectivity index (χ4v) is 4.64. The topological polar surface area (TPSA) is 49.4 Å². The van der Waals surface area contributed by atoms with E-state index in [4.69, 9.17) is 23.2 Å². The van der Waals surface area contributed by atoms with E-state index >= 15 is 0 Å². The lowest BCUT2D eigenvalue weighted by atomic mass is 10.0. The first-order valence-electron chi connectivity index (χ1n) is 10.6. The van der Waals surface area contributed by atoms with E-state index in [2.05, 4.69) is 5.32 Å². The van der Waals surface area contributed by atoms with Crippen LogP contribution >= 0.6 is 35.0 Å². The first kappa shape index (κ1) is 25.2. The number of nitrogens with one attached hydrogen (secondary N) is 1. The van der Waals surface area contributed by atoms with Crippen molar-refractivity contribution in [2.24, 2.45) is 0 Å². The summed E-state index contributed by atoms with van der Waals surface area (Å²) in [5.74, 6) is 0.599. The first-order valence-corrected chi connectivity index (χ1v) is 12.5. The van der Waals surface area contributed by atoms with Crippen molar-refractivity contribution in [2.75, 3.05) is 12.8 Å². The summed E-state index contributed by atoms with van der Waals surface area (Å²) in [6.45, 7) is 0.255. The average molecular weight is 501 g/mol. The van der Waals surface area contributed by atoms with Crippen molar-refractivity contribution in [3.63, 3.8) is 0 Å². The number of carbonyl (C=O) groups excluding carboxylic acids is 2. The molecule has 0 saturated carbocycles. The van der Waals surface area contributed by atoms with Gasteiger partial charge >= 0.3 is 0 Å². The Hall–Kier alpha value is -2.47. The van der Waals surface area contributed by atoms with E-state index in [-0.39, 0.29) is 24.1 Å². The maximum absolute atomic E-state index is 13.4. The molecule has 0 aliphatic rings. The molecule has 0 aromatic heterocycles. The molecule has 172 valence electrons. The van der Waals surface area contributed by atoms with Crippen LogP contribution in [0.4, 0.5) is 0 Å². The summed E-state index contributed by atoms with van der Waals surface area (Å²) in [5.41, 5.74) is 2.87. The van der Waals surface area contributed by atoms with Crippen LogP contribution in [0.2, 0.25) is 10.0 Å². The standard InChI is InChI=1S/C26H26Cl2N2O2S/c1-29-26(32)24(15-19-7-3-2-4-8-19)30(16-21-9-5-6-10-23(21)28)25(31)18-33-17-20-11-13-22(27)14-12-20/h2-14,24H,15-18H2,1H3,(H,29,32). The minimum Gasteiger partial charge on any atom is -0.357 e. The molecule has 1 unspecified atom stereocenters. The minimum absolute atomic E-state index is 0.113. The highest BCUT2D eigenvalue weighted by atomic mass is 35.5. The summed E-state index contributed by atoms with van der Waals surface area (Å²) in [4.78, 5) is 28.0. The highest BCUT2D eigenvalue weighted by Gasteiger charge is 2.30. The largest absolute Gasteiger partial charge is 0.357 e. The van der Waals surface area contributed by atoms with Gasteiger partial charge in [0.1, 0.15) is 6.04 Å². The molecule has 1 atom stereocenters. The molecule has 0 spiro atoms. The Labute approximate surface area is 209 Å². The number of hydrogen-bond donors (Lipinski definition) is 1. The number of halogens is 2. The van der Waals surface area contributed by atoms with Gasteiger partial charge in [0.2, 0.25) is 11.8 Å². The molecule has 0 fully saturated rings. The molecule has 0 bridgehead atoms. The number of rotatable bonds is 10. The minimum atomic E-state index is -0.655. The normalized spacial score (nSPS) is 11.6. The van der Waals surface area contributed by atoms with Gasteiger partial charge in [-0.05, 0) is 34.9 Å². The van der Waals surface area contributed by atoms with Crippen LogP contribution in [0, 0.1) is 0 Å². The van der Waals surface area contributed by atoms with E-state index in [1.165, 1.54) is 11.8 Å². The van der Waals surface area contributed by atoms with E-state index in [1.54, 1.807) is 18.0 Å². The Bertz CT molecular complexity index is 1060.